The molecule has 0 aliphatic carbocycles. The number of hydrogen-bond donors (Lipinski definition) is 1. The zero-order chi connectivity index (χ0) is 18.4. The second-order valence-corrected chi connectivity index (χ2v) is 7.05. The summed E-state index contributed by atoms with van der Waals surface area (Å²) in [6.07, 6.45) is 4.88. The van der Waals surface area contributed by atoms with E-state index >= 15 is 0 Å². The number of hydrogen-bond acceptors (Lipinski definition) is 2. The van der Waals surface area contributed by atoms with E-state index in [9.17, 15) is 9.18 Å². The van der Waals surface area contributed by atoms with Gasteiger partial charge < -0.3 is 10.2 Å². The molecule has 1 unspecified atom stereocenters. The van der Waals surface area contributed by atoms with Gasteiger partial charge in [0.25, 0.3) is 0 Å². The molecule has 0 radical (unpaired) electrons. The second kappa shape index (κ2) is 8.84. The fourth-order valence-corrected chi connectivity index (χ4v) is 3.43. The third kappa shape index (κ3) is 5.07. The highest BCUT2D eigenvalue weighted by molar-refractivity contribution is 5.76. The Morgan fingerprint density at radius 2 is 1.69 bits per heavy atom. The monoisotopic (exact) mass is 354 g/mol. The van der Waals surface area contributed by atoms with Crippen LogP contribution >= 0.6 is 0 Å². The van der Waals surface area contributed by atoms with Gasteiger partial charge in [-0.1, -0.05) is 24.3 Å². The number of nitrogens with one attached hydrogen (secondary N) is 1. The topological polar surface area (TPSA) is 32.3 Å². The fourth-order valence-electron chi connectivity index (χ4n) is 3.43. The summed E-state index contributed by atoms with van der Waals surface area (Å²) in [6, 6.07) is 14.8. The van der Waals surface area contributed by atoms with Gasteiger partial charge in [-0.15, -0.1) is 0 Å². The maximum absolute atomic E-state index is 12.9. The molecule has 1 atom stereocenters. The number of aryl methyl sites for hydroxylation is 1. The van der Waals surface area contributed by atoms with Crippen molar-refractivity contribution < 1.29 is 9.18 Å². The molecule has 3 rings (SSSR count). The Balaban J connectivity index is 1.49. The van der Waals surface area contributed by atoms with Crippen LogP contribution in [-0.2, 0) is 11.2 Å². The Labute approximate surface area is 155 Å². The molecular formula is C22H27FN2O. The van der Waals surface area contributed by atoms with Crippen LogP contribution in [0.5, 0.6) is 0 Å². The van der Waals surface area contributed by atoms with Crippen LogP contribution in [0.4, 0.5) is 10.1 Å². The largest absolute Gasteiger partial charge is 0.372 e. The molecule has 1 N–H and O–H groups in total. The molecule has 1 aliphatic heterocycles. The predicted molar refractivity (Wildman–Crippen MR) is 104 cm³/mol. The number of benzene rings is 2. The number of nitrogens with zero attached hydrogens (tertiary/aromatic N) is 1. The molecule has 0 saturated carbocycles. The summed E-state index contributed by atoms with van der Waals surface area (Å²) >= 11 is 0. The molecule has 1 heterocycles. The summed E-state index contributed by atoms with van der Waals surface area (Å²) in [7, 11) is 0. The van der Waals surface area contributed by atoms with Crippen molar-refractivity contribution in [2.24, 2.45) is 0 Å². The second-order valence-electron chi connectivity index (χ2n) is 7.05. The minimum absolute atomic E-state index is 0.0157. The zero-order valence-electron chi connectivity index (χ0n) is 15.4. The minimum atomic E-state index is -0.250. The average Bonchev–Trinajstić information content (AvgIpc) is 2.68. The van der Waals surface area contributed by atoms with E-state index in [-0.39, 0.29) is 17.8 Å². The lowest BCUT2D eigenvalue weighted by Gasteiger charge is -2.29. The highest BCUT2D eigenvalue weighted by atomic mass is 19.1. The summed E-state index contributed by atoms with van der Waals surface area (Å²) in [5, 5.41) is 3.05. The first-order chi connectivity index (χ1) is 12.6. The lowest BCUT2D eigenvalue weighted by atomic mass is 10.1. The molecule has 1 fully saturated rings. The van der Waals surface area contributed by atoms with Crippen LogP contribution < -0.4 is 10.2 Å². The summed E-state index contributed by atoms with van der Waals surface area (Å²) < 4.78 is 12.9. The van der Waals surface area contributed by atoms with Crippen molar-refractivity contribution in [2.45, 2.75) is 45.1 Å². The van der Waals surface area contributed by atoms with Gasteiger partial charge in [-0.25, -0.2) is 4.39 Å². The molecule has 138 valence electrons. The van der Waals surface area contributed by atoms with Crippen LogP contribution in [0, 0.1) is 5.82 Å². The van der Waals surface area contributed by atoms with E-state index in [1.807, 2.05) is 6.92 Å². The quantitative estimate of drug-likeness (QED) is 0.820. The summed E-state index contributed by atoms with van der Waals surface area (Å²) in [4.78, 5) is 14.6. The van der Waals surface area contributed by atoms with Gasteiger partial charge in [-0.3, -0.25) is 4.79 Å². The van der Waals surface area contributed by atoms with Crippen molar-refractivity contribution in [3.63, 3.8) is 0 Å². The summed E-state index contributed by atoms with van der Waals surface area (Å²) in [5.41, 5.74) is 3.35. The molecule has 26 heavy (non-hydrogen) atoms. The van der Waals surface area contributed by atoms with Gasteiger partial charge in [0.15, 0.2) is 0 Å². The molecule has 1 aliphatic rings. The van der Waals surface area contributed by atoms with Crippen molar-refractivity contribution in [1.29, 1.82) is 0 Å². The van der Waals surface area contributed by atoms with Crippen molar-refractivity contribution in [3.8, 4) is 0 Å². The predicted octanol–water partition coefficient (Wildman–Crippen LogP) is 4.63. The van der Waals surface area contributed by atoms with Crippen LogP contribution in [-0.4, -0.2) is 19.0 Å². The Bertz CT molecular complexity index is 706. The summed E-state index contributed by atoms with van der Waals surface area (Å²) in [6.45, 7) is 4.27. The Morgan fingerprint density at radius 1 is 1.04 bits per heavy atom. The van der Waals surface area contributed by atoms with Gasteiger partial charge in [0.1, 0.15) is 5.82 Å². The highest BCUT2D eigenvalue weighted by Gasteiger charge is 2.13. The van der Waals surface area contributed by atoms with E-state index < -0.39 is 0 Å². The van der Waals surface area contributed by atoms with E-state index in [0.717, 1.165) is 24.2 Å². The Morgan fingerprint density at radius 3 is 2.35 bits per heavy atom. The van der Waals surface area contributed by atoms with Crippen molar-refractivity contribution in [2.75, 3.05) is 18.0 Å². The van der Waals surface area contributed by atoms with E-state index in [4.69, 9.17) is 0 Å². The molecule has 0 bridgehead atoms. The van der Waals surface area contributed by atoms with Crippen LogP contribution in [0.2, 0.25) is 0 Å². The van der Waals surface area contributed by atoms with Gasteiger partial charge >= 0.3 is 0 Å². The molecule has 4 heteroatoms. The van der Waals surface area contributed by atoms with Crippen LogP contribution in [0.25, 0.3) is 0 Å². The van der Waals surface area contributed by atoms with Gasteiger partial charge in [0.2, 0.25) is 5.91 Å². The normalized spacial score (nSPS) is 15.5. The van der Waals surface area contributed by atoms with Gasteiger partial charge in [-0.2, -0.15) is 0 Å². The number of carbonyl (C=O) groups excluding carboxylic acids is 1. The van der Waals surface area contributed by atoms with E-state index in [0.29, 0.717) is 12.8 Å². The Kier molecular flexibility index (Phi) is 6.26. The van der Waals surface area contributed by atoms with Gasteiger partial charge in [-0.05, 0) is 68.0 Å². The highest BCUT2D eigenvalue weighted by Crippen LogP contribution is 2.22. The standard InChI is InChI=1S/C22H27FN2O/c1-17(24-22(26)14-7-18-5-10-20(23)11-6-18)19-8-12-21(13-9-19)25-15-3-2-4-16-25/h5-6,8-13,17H,2-4,7,14-16H2,1H3,(H,24,26). The fraction of sp³-hybridized carbons (Fsp3) is 0.409. The number of carbonyl (C=O) groups is 1. The van der Waals surface area contributed by atoms with Crippen molar-refractivity contribution in [3.05, 3.63) is 65.5 Å². The first-order valence-corrected chi connectivity index (χ1v) is 9.50. The number of piperidine rings is 1. The van der Waals surface area contributed by atoms with E-state index in [1.54, 1.807) is 12.1 Å². The third-order valence-electron chi connectivity index (χ3n) is 5.05. The Hall–Kier alpha value is -2.36. The number of amides is 1. The van der Waals surface area contributed by atoms with Gasteiger partial charge in [0, 0.05) is 25.2 Å². The number of rotatable bonds is 6. The first kappa shape index (κ1) is 18.4. The number of halogens is 1. The SMILES string of the molecule is CC(NC(=O)CCc1ccc(F)cc1)c1ccc(N2CCCCC2)cc1. The molecule has 1 amide bonds. The molecule has 2 aromatic carbocycles. The summed E-state index contributed by atoms with van der Waals surface area (Å²) in [5.74, 6) is -0.234. The smallest absolute Gasteiger partial charge is 0.220 e. The zero-order valence-corrected chi connectivity index (χ0v) is 15.4. The minimum Gasteiger partial charge on any atom is -0.372 e. The van der Waals surface area contributed by atoms with Gasteiger partial charge in [0.05, 0.1) is 6.04 Å². The maximum atomic E-state index is 12.9. The van der Waals surface area contributed by atoms with Crippen molar-refractivity contribution >= 4 is 11.6 Å². The lowest BCUT2D eigenvalue weighted by Crippen LogP contribution is -2.29. The maximum Gasteiger partial charge on any atom is 0.220 e. The molecule has 2 aromatic rings. The van der Waals surface area contributed by atoms with Crippen LogP contribution in [0.3, 0.4) is 0 Å². The van der Waals surface area contributed by atoms with Crippen LogP contribution in [0.1, 0.15) is 49.8 Å². The third-order valence-corrected chi connectivity index (χ3v) is 5.05. The molecular weight excluding hydrogens is 327 g/mol. The molecule has 0 aromatic heterocycles. The lowest BCUT2D eigenvalue weighted by molar-refractivity contribution is -0.121. The number of anilines is 1. The molecule has 0 spiro atoms. The first-order valence-electron chi connectivity index (χ1n) is 9.50. The average molecular weight is 354 g/mol. The van der Waals surface area contributed by atoms with Crippen LogP contribution in [0.15, 0.2) is 48.5 Å². The van der Waals surface area contributed by atoms with Crippen molar-refractivity contribution in [1.82, 2.24) is 5.32 Å². The van der Waals surface area contributed by atoms with E-state index in [1.165, 1.54) is 37.1 Å². The molecule has 3 nitrogen and oxygen atoms in total. The molecule has 1 saturated heterocycles. The van der Waals surface area contributed by atoms with E-state index in [2.05, 4.69) is 34.5 Å².